The van der Waals surface area contributed by atoms with Crippen molar-refractivity contribution in [1.82, 2.24) is 4.98 Å². The number of pyridine rings is 1. The topological polar surface area (TPSA) is 33.1 Å². The lowest BCUT2D eigenvalue weighted by Crippen LogP contribution is -2.04. The van der Waals surface area contributed by atoms with Crippen molar-refractivity contribution >= 4 is 0 Å². The molecule has 0 saturated heterocycles. The van der Waals surface area contributed by atoms with E-state index in [1.54, 1.807) is 0 Å². The second kappa shape index (κ2) is 4.97. The number of aromatic nitrogens is 1. The Balaban J connectivity index is 2.43. The Hall–Kier alpha value is -1.95. The monoisotopic (exact) mass is 271 g/mol. The number of rotatable bonds is 2. The third-order valence-corrected chi connectivity index (χ3v) is 2.63. The second-order valence-corrected chi connectivity index (χ2v) is 3.87. The van der Waals surface area contributed by atoms with E-state index in [1.807, 2.05) is 0 Å². The summed E-state index contributed by atoms with van der Waals surface area (Å²) in [6, 6.07) is 5.33. The summed E-state index contributed by atoms with van der Waals surface area (Å²) in [7, 11) is 0. The summed E-state index contributed by atoms with van der Waals surface area (Å²) in [6.45, 7) is -0.498. The zero-order valence-electron chi connectivity index (χ0n) is 9.58. The minimum absolute atomic E-state index is 0.0462. The first-order chi connectivity index (χ1) is 8.93. The van der Waals surface area contributed by atoms with Gasteiger partial charge in [0.05, 0.1) is 12.2 Å². The van der Waals surface area contributed by atoms with E-state index in [4.69, 9.17) is 5.11 Å². The van der Waals surface area contributed by atoms with Gasteiger partial charge in [0.1, 0.15) is 5.69 Å². The molecule has 0 fully saturated rings. The molecule has 0 radical (unpaired) electrons. The predicted octanol–water partition coefficient (Wildman–Crippen LogP) is 3.40. The van der Waals surface area contributed by atoms with Crippen LogP contribution in [-0.4, -0.2) is 10.1 Å². The van der Waals surface area contributed by atoms with Crippen LogP contribution in [0.1, 0.15) is 11.1 Å². The van der Waals surface area contributed by atoms with Crippen LogP contribution in [0.2, 0.25) is 0 Å². The first kappa shape index (κ1) is 13.5. The molecule has 2 rings (SSSR count). The highest BCUT2D eigenvalue weighted by Crippen LogP contribution is 2.31. The molecule has 6 heteroatoms. The molecule has 2 aromatic rings. The van der Waals surface area contributed by atoms with Gasteiger partial charge in [0.15, 0.2) is 5.82 Å². The molecule has 0 saturated carbocycles. The van der Waals surface area contributed by atoms with Crippen LogP contribution in [0.15, 0.2) is 36.5 Å². The van der Waals surface area contributed by atoms with Crippen molar-refractivity contribution < 1.29 is 22.7 Å². The Kier molecular flexibility index (Phi) is 3.53. The predicted molar refractivity (Wildman–Crippen MR) is 60.6 cm³/mol. The molecule has 100 valence electrons. The van der Waals surface area contributed by atoms with Crippen molar-refractivity contribution in [1.29, 1.82) is 0 Å². The van der Waals surface area contributed by atoms with Crippen molar-refractivity contribution in [2.45, 2.75) is 12.8 Å². The van der Waals surface area contributed by atoms with Crippen molar-refractivity contribution in [2.24, 2.45) is 0 Å². The fourth-order valence-electron chi connectivity index (χ4n) is 1.62. The summed E-state index contributed by atoms with van der Waals surface area (Å²) in [5, 5.41) is 8.92. The Morgan fingerprint density at radius 3 is 2.21 bits per heavy atom. The van der Waals surface area contributed by atoms with E-state index in [2.05, 4.69) is 4.98 Å². The lowest BCUT2D eigenvalue weighted by Gasteiger charge is -2.09. The molecule has 0 bridgehead atoms. The molecule has 1 heterocycles. The molecule has 1 N–H and O–H groups in total. The lowest BCUT2D eigenvalue weighted by atomic mass is 10.1. The van der Waals surface area contributed by atoms with Gasteiger partial charge < -0.3 is 5.11 Å². The van der Waals surface area contributed by atoms with Crippen LogP contribution in [0.4, 0.5) is 17.6 Å². The molecule has 0 unspecified atom stereocenters. The van der Waals surface area contributed by atoms with Crippen LogP contribution in [0, 0.1) is 5.82 Å². The molecule has 0 aliphatic carbocycles. The number of halogens is 4. The molecule has 0 amide bonds. The van der Waals surface area contributed by atoms with Gasteiger partial charge in [-0.2, -0.15) is 13.2 Å². The maximum atomic E-state index is 13.8. The van der Waals surface area contributed by atoms with Gasteiger partial charge in [-0.05, 0) is 18.2 Å². The molecule has 0 aliphatic rings. The molecule has 19 heavy (non-hydrogen) atoms. The van der Waals surface area contributed by atoms with Crippen LogP contribution in [0.3, 0.4) is 0 Å². The number of alkyl halides is 3. The molecule has 0 aliphatic heterocycles. The fourth-order valence-corrected chi connectivity index (χ4v) is 1.62. The first-order valence-corrected chi connectivity index (χ1v) is 5.35. The summed E-state index contributed by atoms with van der Waals surface area (Å²) in [6.07, 6.45) is -3.14. The average Bonchev–Trinajstić information content (AvgIpc) is 2.38. The number of benzene rings is 1. The molecular formula is C13H9F4NO. The van der Waals surface area contributed by atoms with Crippen LogP contribution < -0.4 is 0 Å². The van der Waals surface area contributed by atoms with Crippen molar-refractivity contribution in [3.8, 4) is 11.3 Å². The zero-order chi connectivity index (χ0) is 14.0. The van der Waals surface area contributed by atoms with E-state index < -0.39 is 24.2 Å². The van der Waals surface area contributed by atoms with Crippen molar-refractivity contribution in [2.75, 3.05) is 0 Å². The van der Waals surface area contributed by atoms with Gasteiger partial charge in [0, 0.05) is 17.3 Å². The summed E-state index contributed by atoms with van der Waals surface area (Å²) < 4.78 is 51.0. The fraction of sp³-hybridized carbons (Fsp3) is 0.154. The zero-order valence-corrected chi connectivity index (χ0v) is 9.58. The highest BCUT2D eigenvalue weighted by atomic mass is 19.4. The van der Waals surface area contributed by atoms with E-state index in [1.165, 1.54) is 12.3 Å². The van der Waals surface area contributed by atoms with Gasteiger partial charge in [-0.15, -0.1) is 0 Å². The van der Waals surface area contributed by atoms with Crippen LogP contribution in [0.25, 0.3) is 11.3 Å². The number of aliphatic hydroxyl groups is 1. The Bertz CT molecular complexity index is 578. The largest absolute Gasteiger partial charge is 0.416 e. The molecule has 0 atom stereocenters. The molecule has 1 aromatic heterocycles. The number of aliphatic hydroxyl groups excluding tert-OH is 1. The van der Waals surface area contributed by atoms with E-state index >= 15 is 0 Å². The van der Waals surface area contributed by atoms with Crippen LogP contribution >= 0.6 is 0 Å². The second-order valence-electron chi connectivity index (χ2n) is 3.87. The third kappa shape index (κ3) is 2.73. The molecular weight excluding hydrogens is 262 g/mol. The lowest BCUT2D eigenvalue weighted by molar-refractivity contribution is -0.137. The maximum absolute atomic E-state index is 13.8. The minimum Gasteiger partial charge on any atom is -0.392 e. The van der Waals surface area contributed by atoms with Crippen molar-refractivity contribution in [3.63, 3.8) is 0 Å². The number of nitrogens with zero attached hydrogens (tertiary/aromatic N) is 1. The third-order valence-electron chi connectivity index (χ3n) is 2.63. The number of hydrogen-bond acceptors (Lipinski definition) is 2. The number of hydrogen-bond donors (Lipinski definition) is 1. The van der Waals surface area contributed by atoms with E-state index in [0.717, 1.165) is 24.3 Å². The standard InChI is InChI=1S/C13H9F4NO/c14-11-9(7-19)5-6-18-12(11)8-1-3-10(4-2-8)13(15,16)17/h1-6,19H,7H2. The van der Waals surface area contributed by atoms with Gasteiger partial charge in [-0.1, -0.05) is 12.1 Å². The van der Waals surface area contributed by atoms with Gasteiger partial charge in [0.25, 0.3) is 0 Å². The smallest absolute Gasteiger partial charge is 0.392 e. The summed E-state index contributed by atoms with van der Waals surface area (Å²) >= 11 is 0. The maximum Gasteiger partial charge on any atom is 0.416 e. The Morgan fingerprint density at radius 2 is 1.68 bits per heavy atom. The Morgan fingerprint density at radius 1 is 1.05 bits per heavy atom. The van der Waals surface area contributed by atoms with Gasteiger partial charge >= 0.3 is 6.18 Å². The molecule has 1 aromatic carbocycles. The van der Waals surface area contributed by atoms with Gasteiger partial charge in [0.2, 0.25) is 0 Å². The van der Waals surface area contributed by atoms with E-state index in [-0.39, 0.29) is 16.8 Å². The summed E-state index contributed by atoms with van der Waals surface area (Å²) in [5.41, 5.74) is -0.624. The summed E-state index contributed by atoms with van der Waals surface area (Å²) in [5.74, 6) is -0.732. The summed E-state index contributed by atoms with van der Waals surface area (Å²) in [4.78, 5) is 3.78. The van der Waals surface area contributed by atoms with Crippen molar-refractivity contribution in [3.05, 3.63) is 53.5 Å². The first-order valence-electron chi connectivity index (χ1n) is 5.35. The van der Waals surface area contributed by atoms with Gasteiger partial charge in [-0.25, -0.2) is 4.39 Å². The minimum atomic E-state index is -4.43. The SMILES string of the molecule is OCc1ccnc(-c2ccc(C(F)(F)F)cc2)c1F. The van der Waals surface area contributed by atoms with Crippen LogP contribution in [0.5, 0.6) is 0 Å². The van der Waals surface area contributed by atoms with E-state index in [0.29, 0.717) is 0 Å². The average molecular weight is 271 g/mol. The normalized spacial score (nSPS) is 11.6. The molecule has 2 nitrogen and oxygen atoms in total. The highest BCUT2D eigenvalue weighted by molar-refractivity contribution is 5.61. The quantitative estimate of drug-likeness (QED) is 0.849. The van der Waals surface area contributed by atoms with E-state index in [9.17, 15) is 17.6 Å². The van der Waals surface area contributed by atoms with Crippen LogP contribution in [-0.2, 0) is 12.8 Å². The Labute approximate surface area is 106 Å². The van der Waals surface area contributed by atoms with Gasteiger partial charge in [-0.3, -0.25) is 4.98 Å². The molecule has 0 spiro atoms. The highest BCUT2D eigenvalue weighted by Gasteiger charge is 2.30.